The lowest BCUT2D eigenvalue weighted by Gasteiger charge is -1.94. The van der Waals surface area contributed by atoms with E-state index < -0.39 is 0 Å². The van der Waals surface area contributed by atoms with Crippen LogP contribution in [0.5, 0.6) is 0 Å². The van der Waals surface area contributed by atoms with Crippen molar-refractivity contribution >= 4 is 17.6 Å². The number of hydrogen-bond donors (Lipinski definition) is 0. The van der Waals surface area contributed by atoms with Crippen molar-refractivity contribution in [1.82, 2.24) is 0 Å². The molecule has 0 aliphatic heterocycles. The number of carbonyl (C=O) groups excluding carboxylic acids is 1. The molecule has 13 heavy (non-hydrogen) atoms. The molecule has 0 aliphatic rings. The molecule has 0 saturated carbocycles. The van der Waals surface area contributed by atoms with Crippen molar-refractivity contribution in [3.8, 4) is 0 Å². The summed E-state index contributed by atoms with van der Waals surface area (Å²) in [6.45, 7) is 2.00. The largest absolute Gasteiger partial charge is 0.307 e. The van der Waals surface area contributed by atoms with Gasteiger partial charge in [-0.05, 0) is 22.9 Å². The van der Waals surface area contributed by atoms with Crippen LogP contribution in [-0.2, 0) is 4.79 Å². The molecule has 0 fully saturated rings. The van der Waals surface area contributed by atoms with E-state index in [0.717, 1.165) is 10.8 Å². The minimum atomic E-state index is -0.177. The Kier molecular flexibility index (Phi) is 3.15. The summed E-state index contributed by atoms with van der Waals surface area (Å²) < 4.78 is 12.6. The van der Waals surface area contributed by atoms with Gasteiger partial charge in [-0.25, -0.2) is 4.39 Å². The maximum atomic E-state index is 12.6. The van der Waals surface area contributed by atoms with Gasteiger partial charge in [0.25, 0.3) is 0 Å². The summed E-state index contributed by atoms with van der Waals surface area (Å²) in [5.41, 5.74) is 0. The van der Waals surface area contributed by atoms with Crippen molar-refractivity contribution in [2.45, 2.75) is 0 Å². The lowest BCUT2D eigenvalue weighted by molar-refractivity contribution is -0.0979. The SMILES string of the molecule is C=O.Fc1ccc2ccccc2c1. The first kappa shape index (κ1) is 9.39. The molecule has 0 unspecified atom stereocenters. The van der Waals surface area contributed by atoms with Crippen LogP contribution in [0, 0.1) is 5.82 Å². The molecule has 0 amide bonds. The Labute approximate surface area is 75.8 Å². The van der Waals surface area contributed by atoms with E-state index in [0.29, 0.717) is 0 Å². The highest BCUT2D eigenvalue weighted by Gasteiger charge is 1.92. The number of benzene rings is 2. The fraction of sp³-hybridized carbons (Fsp3) is 0. The number of carbonyl (C=O) groups is 1. The molecule has 0 heterocycles. The van der Waals surface area contributed by atoms with E-state index in [4.69, 9.17) is 4.79 Å². The summed E-state index contributed by atoms with van der Waals surface area (Å²) in [5, 5.41) is 2.03. The molecule has 0 saturated heterocycles. The third-order valence-corrected chi connectivity index (χ3v) is 1.71. The second-order valence-corrected chi connectivity index (χ2v) is 2.49. The van der Waals surface area contributed by atoms with Gasteiger partial charge in [-0.3, -0.25) is 0 Å². The van der Waals surface area contributed by atoms with E-state index in [1.807, 2.05) is 31.1 Å². The van der Waals surface area contributed by atoms with Gasteiger partial charge in [-0.1, -0.05) is 30.3 Å². The van der Waals surface area contributed by atoms with Gasteiger partial charge in [0.2, 0.25) is 0 Å². The van der Waals surface area contributed by atoms with Crippen LogP contribution >= 0.6 is 0 Å². The summed E-state index contributed by atoms with van der Waals surface area (Å²) in [6.07, 6.45) is 0. The minimum absolute atomic E-state index is 0.177. The Balaban J connectivity index is 0.000000396. The zero-order valence-electron chi connectivity index (χ0n) is 7.03. The van der Waals surface area contributed by atoms with Crippen molar-refractivity contribution in [1.29, 1.82) is 0 Å². The van der Waals surface area contributed by atoms with Crippen molar-refractivity contribution in [2.75, 3.05) is 0 Å². The quantitative estimate of drug-likeness (QED) is 0.603. The van der Waals surface area contributed by atoms with E-state index in [1.165, 1.54) is 12.1 Å². The van der Waals surface area contributed by atoms with Gasteiger partial charge in [-0.2, -0.15) is 0 Å². The smallest absolute Gasteiger partial charge is 0.123 e. The summed E-state index contributed by atoms with van der Waals surface area (Å²) in [7, 11) is 0. The van der Waals surface area contributed by atoms with Gasteiger partial charge < -0.3 is 4.79 Å². The van der Waals surface area contributed by atoms with E-state index in [2.05, 4.69) is 0 Å². The van der Waals surface area contributed by atoms with Gasteiger partial charge in [0.05, 0.1) is 0 Å². The van der Waals surface area contributed by atoms with Crippen LogP contribution in [0.4, 0.5) is 4.39 Å². The Morgan fingerprint density at radius 2 is 1.54 bits per heavy atom. The molecular formula is C11H9FO. The molecule has 2 rings (SSSR count). The number of fused-ring (bicyclic) bond motifs is 1. The maximum absolute atomic E-state index is 12.6. The Hall–Kier alpha value is -1.70. The summed E-state index contributed by atoms with van der Waals surface area (Å²) in [5.74, 6) is -0.177. The predicted octanol–water partition coefficient (Wildman–Crippen LogP) is 2.79. The van der Waals surface area contributed by atoms with Crippen molar-refractivity contribution in [2.24, 2.45) is 0 Å². The van der Waals surface area contributed by atoms with E-state index in [1.54, 1.807) is 6.07 Å². The van der Waals surface area contributed by atoms with Crippen molar-refractivity contribution in [3.05, 3.63) is 48.3 Å². The van der Waals surface area contributed by atoms with Crippen LogP contribution in [0.25, 0.3) is 10.8 Å². The van der Waals surface area contributed by atoms with Gasteiger partial charge in [0, 0.05) is 0 Å². The molecule has 0 N–H and O–H groups in total. The van der Waals surface area contributed by atoms with Crippen LogP contribution in [0.15, 0.2) is 42.5 Å². The average Bonchev–Trinajstić information content (AvgIpc) is 2.21. The first-order valence-electron chi connectivity index (χ1n) is 3.79. The Morgan fingerprint density at radius 3 is 2.23 bits per heavy atom. The molecule has 2 aromatic rings. The highest BCUT2D eigenvalue weighted by molar-refractivity contribution is 5.82. The highest BCUT2D eigenvalue weighted by Crippen LogP contribution is 2.13. The fourth-order valence-corrected chi connectivity index (χ4v) is 1.16. The molecule has 2 heteroatoms. The van der Waals surface area contributed by atoms with Crippen LogP contribution in [-0.4, -0.2) is 6.79 Å². The third kappa shape index (κ3) is 2.12. The van der Waals surface area contributed by atoms with E-state index >= 15 is 0 Å². The second kappa shape index (κ2) is 4.36. The molecule has 0 aromatic heterocycles. The zero-order chi connectivity index (χ0) is 9.68. The van der Waals surface area contributed by atoms with Gasteiger partial charge in [0.15, 0.2) is 0 Å². The van der Waals surface area contributed by atoms with Gasteiger partial charge in [-0.15, -0.1) is 0 Å². The zero-order valence-corrected chi connectivity index (χ0v) is 7.03. The molecule has 0 radical (unpaired) electrons. The van der Waals surface area contributed by atoms with Gasteiger partial charge >= 0.3 is 0 Å². The second-order valence-electron chi connectivity index (χ2n) is 2.49. The normalized spacial score (nSPS) is 9.00. The molecule has 0 atom stereocenters. The maximum Gasteiger partial charge on any atom is 0.123 e. The summed E-state index contributed by atoms with van der Waals surface area (Å²) >= 11 is 0. The topological polar surface area (TPSA) is 17.1 Å². The number of halogens is 1. The monoisotopic (exact) mass is 176 g/mol. The predicted molar refractivity (Wildman–Crippen MR) is 51.0 cm³/mol. The van der Waals surface area contributed by atoms with Crippen LogP contribution in [0.2, 0.25) is 0 Å². The minimum Gasteiger partial charge on any atom is -0.307 e. The van der Waals surface area contributed by atoms with Crippen molar-refractivity contribution < 1.29 is 9.18 Å². The Bertz CT molecular complexity index is 398. The molecule has 66 valence electrons. The first-order valence-corrected chi connectivity index (χ1v) is 3.79. The van der Waals surface area contributed by atoms with Crippen molar-refractivity contribution in [3.63, 3.8) is 0 Å². The number of hydrogen-bond acceptors (Lipinski definition) is 1. The fourth-order valence-electron chi connectivity index (χ4n) is 1.16. The highest BCUT2D eigenvalue weighted by atomic mass is 19.1. The van der Waals surface area contributed by atoms with Crippen LogP contribution in [0.3, 0.4) is 0 Å². The molecule has 0 spiro atoms. The van der Waals surface area contributed by atoms with E-state index in [9.17, 15) is 4.39 Å². The number of rotatable bonds is 0. The average molecular weight is 176 g/mol. The lowest BCUT2D eigenvalue weighted by Crippen LogP contribution is -1.73. The van der Waals surface area contributed by atoms with Crippen LogP contribution in [0.1, 0.15) is 0 Å². The standard InChI is InChI=1S/C10H7F.CH2O/c11-10-6-5-8-3-1-2-4-9(8)7-10;1-2/h1-7H;1H2. The molecule has 0 bridgehead atoms. The summed E-state index contributed by atoms with van der Waals surface area (Å²) in [4.78, 5) is 8.00. The lowest BCUT2D eigenvalue weighted by atomic mass is 10.1. The third-order valence-electron chi connectivity index (χ3n) is 1.71. The Morgan fingerprint density at radius 1 is 0.923 bits per heavy atom. The van der Waals surface area contributed by atoms with E-state index in [-0.39, 0.29) is 5.82 Å². The molecule has 2 aromatic carbocycles. The molecular weight excluding hydrogens is 167 g/mol. The summed E-state index contributed by atoms with van der Waals surface area (Å²) in [6, 6.07) is 12.5. The van der Waals surface area contributed by atoms with Gasteiger partial charge in [0.1, 0.15) is 12.6 Å². The molecule has 1 nitrogen and oxygen atoms in total. The van der Waals surface area contributed by atoms with Crippen LogP contribution < -0.4 is 0 Å². The molecule has 0 aliphatic carbocycles. The first-order chi connectivity index (χ1) is 6.36.